The molecular weight excluding hydrogens is 168 g/mol. The summed E-state index contributed by atoms with van der Waals surface area (Å²) in [5.41, 5.74) is -0.744. The highest BCUT2D eigenvalue weighted by molar-refractivity contribution is 5.33. The van der Waals surface area contributed by atoms with E-state index in [4.69, 9.17) is 19.3 Å². The molecule has 0 saturated heterocycles. The van der Waals surface area contributed by atoms with E-state index < -0.39 is 5.41 Å². The van der Waals surface area contributed by atoms with Gasteiger partial charge in [-0.05, 0) is 12.8 Å². The molecule has 0 aromatic carbocycles. The molecule has 0 nitrogen and oxygen atoms in total. The standard InChI is InChI=1S/C14H18/c1-5-9-10-11-12-13-14(6-2,7-3)8-4/h2-4H,5,9-13H2,1H3. The van der Waals surface area contributed by atoms with E-state index in [2.05, 4.69) is 24.7 Å². The molecule has 0 aromatic heterocycles. The van der Waals surface area contributed by atoms with Crippen molar-refractivity contribution in [1.29, 1.82) is 0 Å². The van der Waals surface area contributed by atoms with E-state index in [-0.39, 0.29) is 0 Å². The van der Waals surface area contributed by atoms with Crippen molar-refractivity contribution in [1.82, 2.24) is 0 Å². The van der Waals surface area contributed by atoms with E-state index in [1.54, 1.807) is 0 Å². The highest BCUT2D eigenvalue weighted by atomic mass is 14.2. The lowest BCUT2D eigenvalue weighted by atomic mass is 9.85. The highest BCUT2D eigenvalue weighted by Gasteiger charge is 2.20. The van der Waals surface area contributed by atoms with Gasteiger partial charge in [-0.25, -0.2) is 0 Å². The van der Waals surface area contributed by atoms with Crippen molar-refractivity contribution in [3.05, 3.63) is 0 Å². The van der Waals surface area contributed by atoms with Gasteiger partial charge in [0.1, 0.15) is 0 Å². The minimum absolute atomic E-state index is 0.744. The maximum absolute atomic E-state index is 5.33. The Kier molecular flexibility index (Phi) is 6.45. The van der Waals surface area contributed by atoms with Crippen LogP contribution in [0, 0.1) is 42.4 Å². The predicted octanol–water partition coefficient (Wildman–Crippen LogP) is 3.23. The second kappa shape index (κ2) is 7.12. The number of terminal acetylenes is 3. The maximum Gasteiger partial charge on any atom is 0.151 e. The minimum atomic E-state index is -0.744. The van der Waals surface area contributed by atoms with Gasteiger partial charge < -0.3 is 0 Å². The van der Waals surface area contributed by atoms with Gasteiger partial charge in [-0.2, -0.15) is 0 Å². The fourth-order valence-electron chi connectivity index (χ4n) is 1.34. The lowest BCUT2D eigenvalue weighted by Gasteiger charge is -2.14. The number of rotatable bonds is 6. The van der Waals surface area contributed by atoms with Crippen LogP contribution in [0.5, 0.6) is 0 Å². The van der Waals surface area contributed by atoms with Crippen LogP contribution in [0.1, 0.15) is 45.4 Å². The van der Waals surface area contributed by atoms with E-state index in [0.717, 1.165) is 12.8 Å². The largest absolute Gasteiger partial charge is 0.151 e. The van der Waals surface area contributed by atoms with Gasteiger partial charge >= 0.3 is 0 Å². The Morgan fingerprint density at radius 2 is 1.36 bits per heavy atom. The fourth-order valence-corrected chi connectivity index (χ4v) is 1.34. The fraction of sp³-hybridized carbons (Fsp3) is 0.571. The average molecular weight is 186 g/mol. The lowest BCUT2D eigenvalue weighted by Crippen LogP contribution is -2.12. The topological polar surface area (TPSA) is 0 Å². The van der Waals surface area contributed by atoms with Gasteiger partial charge in [0.05, 0.1) is 0 Å². The molecule has 0 fully saturated rings. The Morgan fingerprint density at radius 3 is 1.79 bits per heavy atom. The summed E-state index contributed by atoms with van der Waals surface area (Å²) in [5, 5.41) is 0. The molecule has 0 heterocycles. The first-order valence-electron chi connectivity index (χ1n) is 5.18. The van der Waals surface area contributed by atoms with Crippen LogP contribution in [-0.4, -0.2) is 0 Å². The molecule has 0 atom stereocenters. The van der Waals surface area contributed by atoms with Crippen LogP contribution in [-0.2, 0) is 0 Å². The summed E-state index contributed by atoms with van der Waals surface area (Å²) in [4.78, 5) is 0. The molecule has 0 saturated carbocycles. The van der Waals surface area contributed by atoms with E-state index >= 15 is 0 Å². The first-order chi connectivity index (χ1) is 6.74. The lowest BCUT2D eigenvalue weighted by molar-refractivity contribution is 0.540. The summed E-state index contributed by atoms with van der Waals surface area (Å²) < 4.78 is 0. The van der Waals surface area contributed by atoms with Crippen molar-refractivity contribution < 1.29 is 0 Å². The van der Waals surface area contributed by atoms with Crippen LogP contribution in [0.25, 0.3) is 0 Å². The zero-order valence-electron chi connectivity index (χ0n) is 8.97. The second-order valence-corrected chi connectivity index (χ2v) is 3.50. The summed E-state index contributed by atoms with van der Waals surface area (Å²) in [6, 6.07) is 0. The van der Waals surface area contributed by atoms with Gasteiger partial charge in [-0.1, -0.05) is 50.4 Å². The molecule has 0 rings (SSSR count). The summed E-state index contributed by atoms with van der Waals surface area (Å²) in [6.45, 7) is 2.19. The Hall–Kier alpha value is -1.32. The molecular formula is C14H18. The third kappa shape index (κ3) is 4.07. The summed E-state index contributed by atoms with van der Waals surface area (Å²) in [5.74, 6) is 7.60. The average Bonchev–Trinajstić information content (AvgIpc) is 2.24. The van der Waals surface area contributed by atoms with Crippen LogP contribution in [0.2, 0.25) is 0 Å². The van der Waals surface area contributed by atoms with Crippen LogP contribution in [0.4, 0.5) is 0 Å². The van der Waals surface area contributed by atoms with Crippen LogP contribution >= 0.6 is 0 Å². The first kappa shape index (κ1) is 12.7. The molecule has 0 radical (unpaired) electrons. The Labute approximate surface area is 88.5 Å². The smallest absolute Gasteiger partial charge is 0.117 e. The van der Waals surface area contributed by atoms with Gasteiger partial charge in [0.15, 0.2) is 5.41 Å². The van der Waals surface area contributed by atoms with Crippen molar-refractivity contribution in [2.75, 3.05) is 0 Å². The second-order valence-electron chi connectivity index (χ2n) is 3.50. The SMILES string of the molecule is C#CC(C#C)(C#C)CCCCCCC. The first-order valence-corrected chi connectivity index (χ1v) is 5.18. The molecule has 0 aliphatic rings. The van der Waals surface area contributed by atoms with Crippen molar-refractivity contribution in [3.8, 4) is 37.0 Å². The van der Waals surface area contributed by atoms with Crippen LogP contribution < -0.4 is 0 Å². The summed E-state index contributed by atoms with van der Waals surface area (Å²) in [6.07, 6.45) is 22.7. The van der Waals surface area contributed by atoms with Gasteiger partial charge in [0.2, 0.25) is 0 Å². The van der Waals surface area contributed by atoms with E-state index in [1.165, 1.54) is 25.7 Å². The molecule has 14 heavy (non-hydrogen) atoms. The van der Waals surface area contributed by atoms with E-state index in [1.807, 2.05) is 0 Å². The molecule has 0 unspecified atom stereocenters. The Balaban J connectivity index is 3.83. The van der Waals surface area contributed by atoms with Gasteiger partial charge in [-0.3, -0.25) is 0 Å². The van der Waals surface area contributed by atoms with Crippen molar-refractivity contribution >= 4 is 0 Å². The number of hydrogen-bond donors (Lipinski definition) is 0. The minimum Gasteiger partial charge on any atom is -0.117 e. The molecule has 0 aliphatic carbocycles. The third-order valence-electron chi connectivity index (χ3n) is 2.39. The van der Waals surface area contributed by atoms with Gasteiger partial charge in [0.25, 0.3) is 0 Å². The Bertz CT molecular complexity index is 228. The van der Waals surface area contributed by atoms with Crippen molar-refractivity contribution in [2.45, 2.75) is 45.4 Å². The molecule has 0 N–H and O–H groups in total. The molecule has 0 aromatic rings. The molecule has 0 bridgehead atoms. The summed E-state index contributed by atoms with van der Waals surface area (Å²) >= 11 is 0. The monoisotopic (exact) mass is 186 g/mol. The Morgan fingerprint density at radius 1 is 0.857 bits per heavy atom. The van der Waals surface area contributed by atoms with Gasteiger partial charge in [-0.15, -0.1) is 19.3 Å². The highest BCUT2D eigenvalue weighted by Crippen LogP contribution is 2.22. The van der Waals surface area contributed by atoms with Crippen LogP contribution in [0.15, 0.2) is 0 Å². The molecule has 0 amide bonds. The number of unbranched alkanes of at least 4 members (excludes halogenated alkanes) is 4. The predicted molar refractivity (Wildman–Crippen MR) is 62.3 cm³/mol. The molecule has 74 valence electrons. The van der Waals surface area contributed by atoms with E-state index in [0.29, 0.717) is 0 Å². The molecule has 0 spiro atoms. The molecule has 0 aliphatic heterocycles. The zero-order chi connectivity index (χ0) is 10.9. The molecule has 0 heteroatoms. The van der Waals surface area contributed by atoms with Crippen LogP contribution in [0.3, 0.4) is 0 Å². The normalized spacial score (nSPS) is 9.86. The van der Waals surface area contributed by atoms with Gasteiger partial charge in [0, 0.05) is 0 Å². The van der Waals surface area contributed by atoms with Crippen molar-refractivity contribution in [2.24, 2.45) is 5.41 Å². The summed E-state index contributed by atoms with van der Waals surface area (Å²) in [7, 11) is 0. The van der Waals surface area contributed by atoms with E-state index in [9.17, 15) is 0 Å². The zero-order valence-corrected chi connectivity index (χ0v) is 8.97. The third-order valence-corrected chi connectivity index (χ3v) is 2.39. The quantitative estimate of drug-likeness (QED) is 0.441. The van der Waals surface area contributed by atoms with Crippen molar-refractivity contribution in [3.63, 3.8) is 0 Å². The maximum atomic E-state index is 5.33. The number of hydrogen-bond acceptors (Lipinski definition) is 0.